The molecule has 29 heavy (non-hydrogen) atoms. The monoisotopic (exact) mass is 396 g/mol. The molecular weight excluding hydrogens is 376 g/mol. The maximum absolute atomic E-state index is 13.0. The lowest BCUT2D eigenvalue weighted by Gasteiger charge is -2.13. The lowest BCUT2D eigenvalue weighted by molar-refractivity contribution is 0.0945. The van der Waals surface area contributed by atoms with Gasteiger partial charge in [0.25, 0.3) is 5.91 Å². The molecule has 12 nitrogen and oxygen atoms in total. The molecule has 0 bridgehead atoms. The summed E-state index contributed by atoms with van der Waals surface area (Å²) in [5.74, 6) is -0.377. The zero-order valence-corrected chi connectivity index (χ0v) is 15.8. The lowest BCUT2D eigenvalue weighted by atomic mass is 10.2. The average molecular weight is 396 g/mol. The van der Waals surface area contributed by atoms with E-state index in [0.29, 0.717) is 18.0 Å². The van der Waals surface area contributed by atoms with E-state index in [4.69, 9.17) is 5.73 Å². The second kappa shape index (κ2) is 8.14. The lowest BCUT2D eigenvalue weighted by Crippen LogP contribution is -2.26. The highest BCUT2D eigenvalue weighted by molar-refractivity contribution is 6.00. The molecule has 0 saturated carbocycles. The summed E-state index contributed by atoms with van der Waals surface area (Å²) < 4.78 is 5.87. The van der Waals surface area contributed by atoms with Crippen molar-refractivity contribution in [3.8, 4) is 5.82 Å². The number of likely N-dealkylation sites (tertiary alicyclic amines) is 1. The Morgan fingerprint density at radius 1 is 1.28 bits per heavy atom. The Bertz CT molecular complexity index is 1020. The minimum Gasteiger partial charge on any atom is -0.378 e. The number of anilines is 1. The summed E-state index contributed by atoms with van der Waals surface area (Å²) in [5.41, 5.74) is 10.5. The molecule has 4 rings (SSSR count). The highest BCUT2D eigenvalue weighted by atomic mass is 16.6. The number of carbonyl (C=O) groups excluding carboxylic acids is 1. The molecule has 0 spiro atoms. The van der Waals surface area contributed by atoms with Crippen molar-refractivity contribution in [3.05, 3.63) is 41.5 Å². The molecule has 1 fully saturated rings. The van der Waals surface area contributed by atoms with Crippen molar-refractivity contribution in [1.82, 2.24) is 40.6 Å². The Labute approximate surface area is 165 Å². The fourth-order valence-corrected chi connectivity index (χ4v) is 3.13. The fourth-order valence-electron chi connectivity index (χ4n) is 3.13. The van der Waals surface area contributed by atoms with Crippen molar-refractivity contribution < 1.29 is 9.42 Å². The number of hydrogen-bond acceptors (Lipinski definition) is 10. The van der Waals surface area contributed by atoms with Crippen LogP contribution in [0.15, 0.2) is 34.3 Å². The molecule has 0 unspecified atom stereocenters. The van der Waals surface area contributed by atoms with Crippen LogP contribution in [0.25, 0.3) is 5.82 Å². The van der Waals surface area contributed by atoms with Crippen molar-refractivity contribution in [3.63, 3.8) is 0 Å². The summed E-state index contributed by atoms with van der Waals surface area (Å²) in [6, 6.07) is 3.61. The zero-order valence-electron chi connectivity index (χ0n) is 15.8. The van der Waals surface area contributed by atoms with Gasteiger partial charge in [0.05, 0.1) is 5.71 Å². The quantitative estimate of drug-likeness (QED) is 0.444. The van der Waals surface area contributed by atoms with Crippen LogP contribution in [0.2, 0.25) is 0 Å². The van der Waals surface area contributed by atoms with Gasteiger partial charge in [-0.15, -0.1) is 5.10 Å². The van der Waals surface area contributed by atoms with Crippen LogP contribution < -0.4 is 11.2 Å². The highest BCUT2D eigenvalue weighted by Crippen LogP contribution is 2.19. The molecule has 1 aliphatic heterocycles. The molecule has 1 amide bonds. The van der Waals surface area contributed by atoms with Crippen LogP contribution in [0.3, 0.4) is 0 Å². The smallest absolute Gasteiger partial charge is 0.292 e. The number of hydrogen-bond donors (Lipinski definition) is 2. The molecule has 150 valence electrons. The van der Waals surface area contributed by atoms with Gasteiger partial charge in [0.1, 0.15) is 5.69 Å². The van der Waals surface area contributed by atoms with Crippen LogP contribution in [0.1, 0.15) is 41.5 Å². The summed E-state index contributed by atoms with van der Waals surface area (Å²) in [7, 11) is 0. The van der Waals surface area contributed by atoms with Gasteiger partial charge >= 0.3 is 0 Å². The molecule has 3 aromatic rings. The van der Waals surface area contributed by atoms with Crippen LogP contribution in [0.5, 0.6) is 0 Å². The second-order valence-electron chi connectivity index (χ2n) is 6.63. The fraction of sp³-hybridized carbons (Fsp3) is 0.353. The van der Waals surface area contributed by atoms with E-state index in [2.05, 4.69) is 45.7 Å². The number of hydrazone groups is 1. The second-order valence-corrected chi connectivity index (χ2v) is 6.63. The summed E-state index contributed by atoms with van der Waals surface area (Å²) in [5, 5.41) is 19.7. The van der Waals surface area contributed by atoms with E-state index in [1.54, 1.807) is 31.5 Å². The molecular formula is C17H20N10O2. The van der Waals surface area contributed by atoms with Gasteiger partial charge in [0.2, 0.25) is 11.6 Å². The third-order valence-electron chi connectivity index (χ3n) is 4.65. The minimum absolute atomic E-state index is 0.00754. The largest absolute Gasteiger partial charge is 0.378 e. The van der Waals surface area contributed by atoms with Gasteiger partial charge in [0, 0.05) is 24.5 Å². The van der Waals surface area contributed by atoms with E-state index in [-0.39, 0.29) is 17.3 Å². The van der Waals surface area contributed by atoms with Gasteiger partial charge in [-0.1, -0.05) is 5.21 Å². The van der Waals surface area contributed by atoms with Crippen molar-refractivity contribution >= 4 is 17.4 Å². The summed E-state index contributed by atoms with van der Waals surface area (Å²) in [4.78, 5) is 19.2. The summed E-state index contributed by atoms with van der Waals surface area (Å²) in [6.07, 6.45) is 5.55. The van der Waals surface area contributed by atoms with E-state index < -0.39 is 5.91 Å². The molecule has 0 aromatic carbocycles. The normalized spacial score (nSPS) is 15.0. The van der Waals surface area contributed by atoms with Gasteiger partial charge in [-0.2, -0.15) is 9.78 Å². The van der Waals surface area contributed by atoms with Crippen molar-refractivity contribution in [2.45, 2.75) is 26.3 Å². The van der Waals surface area contributed by atoms with Crippen molar-refractivity contribution in [2.24, 2.45) is 5.10 Å². The minimum atomic E-state index is -0.486. The van der Waals surface area contributed by atoms with Crippen LogP contribution >= 0.6 is 0 Å². The molecule has 0 radical (unpaired) electrons. The first kappa shape index (κ1) is 18.7. The number of rotatable bonds is 6. The maximum atomic E-state index is 13.0. The van der Waals surface area contributed by atoms with Crippen LogP contribution in [0, 0.1) is 0 Å². The Hall–Kier alpha value is -3.67. The summed E-state index contributed by atoms with van der Waals surface area (Å²) in [6.45, 7) is 4.17. The van der Waals surface area contributed by atoms with E-state index in [1.165, 1.54) is 4.68 Å². The SMILES string of the molecule is CC(=NNC(=O)c1c(CN2CCCC2)nnn1-c1nonc1N)c1ccncc1. The molecule has 0 atom stereocenters. The van der Waals surface area contributed by atoms with Crippen LogP contribution in [0.4, 0.5) is 5.82 Å². The zero-order chi connectivity index (χ0) is 20.2. The first-order chi connectivity index (χ1) is 14.1. The molecule has 12 heteroatoms. The van der Waals surface area contributed by atoms with Crippen molar-refractivity contribution in [1.29, 1.82) is 0 Å². The van der Waals surface area contributed by atoms with Gasteiger partial charge in [-0.05, 0) is 55.3 Å². The number of nitrogens with two attached hydrogens (primary N) is 1. The van der Waals surface area contributed by atoms with Gasteiger partial charge < -0.3 is 5.73 Å². The standard InChI is InChI=1S/C17H20N10O2/c1-11(12-4-6-19-7-5-12)20-22-17(28)14-13(10-26-8-2-3-9-26)21-25-27(14)16-15(18)23-29-24-16/h4-7H,2-3,8-10H2,1H3,(H2,18,23)(H,22,28). The van der Waals surface area contributed by atoms with E-state index in [9.17, 15) is 4.79 Å². The molecule has 0 aliphatic carbocycles. The van der Waals surface area contributed by atoms with Gasteiger partial charge in [-0.3, -0.25) is 14.7 Å². The Kier molecular flexibility index (Phi) is 5.24. The third kappa shape index (κ3) is 3.96. The molecule has 4 heterocycles. The third-order valence-corrected chi connectivity index (χ3v) is 4.65. The predicted octanol–water partition coefficient (Wildman–Crippen LogP) is 0.377. The number of carbonyl (C=O) groups is 1. The Morgan fingerprint density at radius 3 is 2.72 bits per heavy atom. The number of nitrogen functional groups attached to an aromatic ring is 1. The number of pyridine rings is 1. The number of amides is 1. The van der Waals surface area contributed by atoms with E-state index in [1.807, 2.05) is 0 Å². The van der Waals surface area contributed by atoms with Crippen LogP contribution in [-0.2, 0) is 6.54 Å². The van der Waals surface area contributed by atoms with Gasteiger partial charge in [-0.25, -0.2) is 10.1 Å². The number of nitrogens with one attached hydrogen (secondary N) is 1. The van der Waals surface area contributed by atoms with E-state index >= 15 is 0 Å². The first-order valence-corrected chi connectivity index (χ1v) is 9.14. The van der Waals surface area contributed by atoms with Gasteiger partial charge in [0.15, 0.2) is 5.69 Å². The molecule has 1 saturated heterocycles. The Morgan fingerprint density at radius 2 is 2.03 bits per heavy atom. The van der Waals surface area contributed by atoms with Crippen LogP contribution in [-0.4, -0.2) is 59.9 Å². The van der Waals surface area contributed by atoms with Crippen molar-refractivity contribution in [2.75, 3.05) is 18.8 Å². The summed E-state index contributed by atoms with van der Waals surface area (Å²) >= 11 is 0. The predicted molar refractivity (Wildman–Crippen MR) is 102 cm³/mol. The number of nitrogens with zero attached hydrogens (tertiary/aromatic N) is 8. The average Bonchev–Trinajstić information content (AvgIpc) is 3.48. The highest BCUT2D eigenvalue weighted by Gasteiger charge is 2.27. The maximum Gasteiger partial charge on any atom is 0.292 e. The Balaban J connectivity index is 1.63. The molecule has 3 N–H and O–H groups in total. The topological polar surface area (TPSA) is 153 Å². The molecule has 1 aliphatic rings. The molecule has 3 aromatic heterocycles. The van der Waals surface area contributed by atoms with E-state index in [0.717, 1.165) is 31.5 Å². The number of aromatic nitrogens is 6. The first-order valence-electron chi connectivity index (χ1n) is 9.14.